The van der Waals surface area contributed by atoms with E-state index >= 15 is 0 Å². The molecule has 0 radical (unpaired) electrons. The molecule has 0 spiro atoms. The molecule has 0 saturated carbocycles. The Morgan fingerprint density at radius 3 is 2.76 bits per heavy atom. The summed E-state index contributed by atoms with van der Waals surface area (Å²) in [4.78, 5) is 25.8. The van der Waals surface area contributed by atoms with Gasteiger partial charge in [0.2, 0.25) is 12.0 Å². The number of aliphatic hydroxyl groups excluding tert-OH is 1. The molecular weight excluding hydrogens is 444 g/mol. The molecule has 4 aromatic rings. The number of ether oxygens (including phenoxy) is 2. The van der Waals surface area contributed by atoms with Crippen LogP contribution in [0.1, 0.15) is 18.1 Å². The number of nitrogens with one attached hydrogen (secondary N) is 1. The number of thiophene rings is 1. The van der Waals surface area contributed by atoms with Gasteiger partial charge in [-0.05, 0) is 43.3 Å². The molecule has 0 aliphatic heterocycles. The van der Waals surface area contributed by atoms with Crippen molar-refractivity contribution in [1.82, 2.24) is 24.7 Å². The van der Waals surface area contributed by atoms with Crippen molar-refractivity contribution in [3.05, 3.63) is 52.7 Å². The summed E-state index contributed by atoms with van der Waals surface area (Å²) in [6.07, 6.45) is 3.12. The molecule has 4 aromatic heterocycles. The summed E-state index contributed by atoms with van der Waals surface area (Å²) < 4.78 is 13.3. The second kappa shape index (κ2) is 10.0. The maximum Gasteiger partial charge on any atom is 0.269 e. The van der Waals surface area contributed by atoms with Crippen molar-refractivity contribution in [1.29, 1.82) is 0 Å². The number of rotatable bonds is 9. The average molecular weight is 469 g/mol. The summed E-state index contributed by atoms with van der Waals surface area (Å²) in [5.41, 5.74) is 3.52. The third-order valence-corrected chi connectivity index (χ3v) is 5.73. The number of nitrogens with zero attached hydrogens (tertiary/aromatic N) is 5. The van der Waals surface area contributed by atoms with Gasteiger partial charge in [0.1, 0.15) is 17.5 Å². The van der Waals surface area contributed by atoms with Crippen molar-refractivity contribution in [2.24, 2.45) is 0 Å². The molecule has 0 unspecified atom stereocenters. The Balaban J connectivity index is 1.61. The van der Waals surface area contributed by atoms with Gasteiger partial charge in [-0.1, -0.05) is 6.07 Å². The molecule has 11 heteroatoms. The van der Waals surface area contributed by atoms with Gasteiger partial charge in [0, 0.05) is 11.6 Å². The van der Waals surface area contributed by atoms with Crippen LogP contribution in [-0.2, 0) is 9.53 Å². The highest BCUT2D eigenvalue weighted by Crippen LogP contribution is 2.27. The second-order valence-corrected chi connectivity index (χ2v) is 8.30. The molecule has 0 bridgehead atoms. The second-order valence-electron chi connectivity index (χ2n) is 7.56. The molecule has 33 heavy (non-hydrogen) atoms. The lowest BCUT2D eigenvalue weighted by molar-refractivity contribution is -0.127. The summed E-state index contributed by atoms with van der Waals surface area (Å²) >= 11 is 1.57. The zero-order valence-corrected chi connectivity index (χ0v) is 19.2. The zero-order chi connectivity index (χ0) is 23.4. The lowest BCUT2D eigenvalue weighted by atomic mass is 10.3. The Hall–Kier alpha value is -3.41. The minimum absolute atomic E-state index is 0.0946. The minimum atomic E-state index is -1.05. The van der Waals surface area contributed by atoms with Crippen LogP contribution in [0.4, 0.5) is 5.82 Å². The van der Waals surface area contributed by atoms with E-state index < -0.39 is 18.1 Å². The van der Waals surface area contributed by atoms with E-state index in [4.69, 9.17) is 9.47 Å². The van der Waals surface area contributed by atoms with Gasteiger partial charge >= 0.3 is 0 Å². The van der Waals surface area contributed by atoms with E-state index in [9.17, 15) is 9.90 Å². The largest absolute Gasteiger partial charge is 0.461 e. The number of hydrogen-bond donors (Lipinski definition) is 2. The number of aryl methyl sites for hydroxylation is 2. The van der Waals surface area contributed by atoms with Gasteiger partial charge in [-0.2, -0.15) is 5.10 Å². The third-order valence-electron chi connectivity index (χ3n) is 4.88. The lowest BCUT2D eigenvalue weighted by Gasteiger charge is -2.20. The number of fused-ring (bicyclic) bond motifs is 1. The van der Waals surface area contributed by atoms with Crippen molar-refractivity contribution >= 4 is 34.1 Å². The Bertz CT molecular complexity index is 1240. The van der Waals surface area contributed by atoms with Gasteiger partial charge in [-0.25, -0.2) is 19.6 Å². The minimum Gasteiger partial charge on any atom is -0.461 e. The molecule has 0 aliphatic rings. The van der Waals surface area contributed by atoms with Crippen LogP contribution in [0.15, 0.2) is 41.6 Å². The Morgan fingerprint density at radius 2 is 2.06 bits per heavy atom. The fourth-order valence-corrected chi connectivity index (χ4v) is 3.82. The summed E-state index contributed by atoms with van der Waals surface area (Å²) in [5.74, 6) is 0.142. The molecule has 0 saturated heterocycles. The lowest BCUT2D eigenvalue weighted by Crippen LogP contribution is -2.38. The van der Waals surface area contributed by atoms with Gasteiger partial charge in [0.05, 0.1) is 31.2 Å². The number of amides is 1. The van der Waals surface area contributed by atoms with Gasteiger partial charge in [-0.15, -0.1) is 11.3 Å². The van der Waals surface area contributed by atoms with Gasteiger partial charge in [-0.3, -0.25) is 4.79 Å². The summed E-state index contributed by atoms with van der Waals surface area (Å²) in [6, 6.07) is 3.55. The number of anilines is 1. The summed E-state index contributed by atoms with van der Waals surface area (Å²) in [6.45, 7) is 5.33. The smallest absolute Gasteiger partial charge is 0.269 e. The fraction of sp³-hybridized carbons (Fsp3) is 0.318. The molecule has 2 atom stereocenters. The Labute approximate surface area is 194 Å². The van der Waals surface area contributed by atoms with E-state index in [1.807, 2.05) is 30.7 Å². The number of carbonyl (C=O) groups excluding carboxylic acids is 1. The molecule has 4 rings (SSSR count). The van der Waals surface area contributed by atoms with Crippen LogP contribution in [0.2, 0.25) is 0 Å². The molecule has 4 heterocycles. The van der Waals surface area contributed by atoms with Crippen LogP contribution in [0.5, 0.6) is 5.88 Å². The predicted octanol–water partition coefficient (Wildman–Crippen LogP) is 2.67. The molecule has 10 nitrogen and oxygen atoms in total. The van der Waals surface area contributed by atoms with Crippen LogP contribution >= 0.6 is 11.3 Å². The zero-order valence-electron chi connectivity index (χ0n) is 18.4. The van der Waals surface area contributed by atoms with Crippen molar-refractivity contribution in [2.45, 2.75) is 33.0 Å². The highest BCUT2D eigenvalue weighted by atomic mass is 32.1. The van der Waals surface area contributed by atoms with Crippen LogP contribution < -0.4 is 10.1 Å². The average Bonchev–Trinajstić information content (AvgIpc) is 3.43. The molecule has 0 fully saturated rings. The normalized spacial score (nSPS) is 13.1. The maximum atomic E-state index is 13.0. The maximum absolute atomic E-state index is 13.0. The van der Waals surface area contributed by atoms with Crippen molar-refractivity contribution in [2.75, 3.05) is 18.5 Å². The van der Waals surface area contributed by atoms with E-state index in [1.54, 1.807) is 41.4 Å². The monoisotopic (exact) mass is 468 g/mol. The van der Waals surface area contributed by atoms with E-state index in [-0.39, 0.29) is 19.1 Å². The standard InChI is InChI=1S/C22H24N6O4S/c1-13-4-5-19(23-6-13)27-21(30)18(9-31-15(3)8-29)32-22-16-7-26-28(20(16)24-12-25-22)17-11-33-10-14(17)2/h4-7,10-12,15,18,29H,8-9H2,1-3H3,(H,23,27,30)/t15-,18+/m1/s1. The summed E-state index contributed by atoms with van der Waals surface area (Å²) in [5, 5.41) is 21.0. The van der Waals surface area contributed by atoms with Crippen molar-refractivity contribution in [3.63, 3.8) is 0 Å². The van der Waals surface area contributed by atoms with E-state index in [2.05, 4.69) is 25.4 Å². The van der Waals surface area contributed by atoms with Gasteiger partial charge in [0.25, 0.3) is 5.91 Å². The molecular formula is C22H24N6O4S. The van der Waals surface area contributed by atoms with Crippen molar-refractivity contribution < 1.29 is 19.4 Å². The van der Waals surface area contributed by atoms with E-state index in [1.165, 1.54) is 6.33 Å². The molecule has 1 amide bonds. The van der Waals surface area contributed by atoms with Crippen LogP contribution in [0.3, 0.4) is 0 Å². The Morgan fingerprint density at radius 1 is 1.21 bits per heavy atom. The summed E-state index contributed by atoms with van der Waals surface area (Å²) in [7, 11) is 0. The SMILES string of the molecule is Cc1ccc(NC(=O)[C@H](CO[C@H](C)CO)Oc2ncnc3c2cnn3-c2cscc2C)nc1. The predicted molar refractivity (Wildman–Crippen MR) is 124 cm³/mol. The van der Waals surface area contributed by atoms with Crippen LogP contribution in [0.25, 0.3) is 16.7 Å². The number of aromatic nitrogens is 5. The van der Waals surface area contributed by atoms with E-state index in [0.29, 0.717) is 16.9 Å². The fourth-order valence-electron chi connectivity index (χ4n) is 3.01. The van der Waals surface area contributed by atoms with Crippen LogP contribution in [-0.4, -0.2) is 61.2 Å². The van der Waals surface area contributed by atoms with Crippen LogP contribution in [0, 0.1) is 13.8 Å². The molecule has 0 aliphatic carbocycles. The number of carbonyl (C=O) groups is 1. The highest BCUT2D eigenvalue weighted by molar-refractivity contribution is 7.08. The number of aliphatic hydroxyl groups is 1. The molecule has 172 valence electrons. The molecule has 2 N–H and O–H groups in total. The van der Waals surface area contributed by atoms with Gasteiger partial charge < -0.3 is 19.9 Å². The highest BCUT2D eigenvalue weighted by Gasteiger charge is 2.25. The first-order valence-corrected chi connectivity index (χ1v) is 11.2. The quantitative estimate of drug-likeness (QED) is 0.384. The third kappa shape index (κ3) is 5.16. The first-order chi connectivity index (χ1) is 16.0. The Kier molecular flexibility index (Phi) is 6.92. The van der Waals surface area contributed by atoms with E-state index in [0.717, 1.165) is 16.8 Å². The number of hydrogen-bond acceptors (Lipinski definition) is 9. The van der Waals surface area contributed by atoms with Crippen molar-refractivity contribution in [3.8, 4) is 11.6 Å². The molecule has 0 aromatic carbocycles. The van der Waals surface area contributed by atoms with Gasteiger partial charge in [0.15, 0.2) is 5.65 Å². The number of pyridine rings is 1. The first kappa shape index (κ1) is 22.8. The first-order valence-electron chi connectivity index (χ1n) is 10.3. The topological polar surface area (TPSA) is 124 Å².